The van der Waals surface area contributed by atoms with E-state index in [2.05, 4.69) is 41.4 Å². The molecule has 1 heterocycles. The Hall–Kier alpha value is -1.32. The van der Waals surface area contributed by atoms with Crippen LogP contribution in [0.15, 0.2) is 6.07 Å². The maximum Gasteiger partial charge on any atom is 0.225 e. The molecule has 1 aromatic rings. The maximum absolute atomic E-state index is 4.44. The molecule has 1 rings (SSSR count). The summed E-state index contributed by atoms with van der Waals surface area (Å²) in [6.07, 6.45) is 3.69. The molecule has 0 fully saturated rings. The summed E-state index contributed by atoms with van der Waals surface area (Å²) in [4.78, 5) is 8.79. The Balaban J connectivity index is 2.56. The summed E-state index contributed by atoms with van der Waals surface area (Å²) in [7, 11) is 0. The Bertz CT molecular complexity index is 336. The van der Waals surface area contributed by atoms with E-state index in [0.717, 1.165) is 18.1 Å². The van der Waals surface area contributed by atoms with Crippen molar-refractivity contribution in [3.05, 3.63) is 11.8 Å². The predicted octanol–water partition coefficient (Wildman–Crippen LogP) is 3.21. The SMILES string of the molecule is CCCCCNc1cc(C)nc(NC(C)C)n1. The van der Waals surface area contributed by atoms with Crippen molar-refractivity contribution >= 4 is 11.8 Å². The molecule has 0 saturated carbocycles. The third-order valence-electron chi connectivity index (χ3n) is 2.36. The lowest BCUT2D eigenvalue weighted by Crippen LogP contribution is -2.14. The first-order valence-electron chi connectivity index (χ1n) is 6.48. The van der Waals surface area contributed by atoms with Gasteiger partial charge in [-0.25, -0.2) is 4.98 Å². The number of hydrogen-bond acceptors (Lipinski definition) is 4. The molecule has 0 atom stereocenters. The highest BCUT2D eigenvalue weighted by molar-refractivity contribution is 5.42. The molecule has 0 aliphatic carbocycles. The molecule has 1 aromatic heterocycles. The van der Waals surface area contributed by atoms with Crippen molar-refractivity contribution in [3.8, 4) is 0 Å². The van der Waals surface area contributed by atoms with Gasteiger partial charge >= 0.3 is 0 Å². The molecule has 17 heavy (non-hydrogen) atoms. The van der Waals surface area contributed by atoms with Gasteiger partial charge in [0.05, 0.1) is 0 Å². The molecule has 96 valence electrons. The van der Waals surface area contributed by atoms with Gasteiger partial charge in [0.25, 0.3) is 0 Å². The standard InChI is InChI=1S/C13H24N4/c1-5-6-7-8-14-12-9-11(4)16-13(17-12)15-10(2)3/h9-10H,5-8H2,1-4H3,(H2,14,15,16,17). The third-order valence-corrected chi connectivity index (χ3v) is 2.36. The molecule has 0 bridgehead atoms. The summed E-state index contributed by atoms with van der Waals surface area (Å²) in [5, 5.41) is 6.57. The van der Waals surface area contributed by atoms with Gasteiger partial charge in [-0.2, -0.15) is 4.98 Å². The van der Waals surface area contributed by atoms with Crippen LogP contribution in [0.5, 0.6) is 0 Å². The molecule has 0 unspecified atom stereocenters. The summed E-state index contributed by atoms with van der Waals surface area (Å²) in [5.74, 6) is 1.62. The molecule has 0 aromatic carbocycles. The number of nitrogens with one attached hydrogen (secondary N) is 2. The molecule has 0 spiro atoms. The Morgan fingerprint density at radius 1 is 1.24 bits per heavy atom. The Morgan fingerprint density at radius 2 is 2.00 bits per heavy atom. The van der Waals surface area contributed by atoms with E-state index in [-0.39, 0.29) is 0 Å². The summed E-state index contributed by atoms with van der Waals surface area (Å²) < 4.78 is 0. The van der Waals surface area contributed by atoms with Crippen LogP contribution in [-0.2, 0) is 0 Å². The fraction of sp³-hybridized carbons (Fsp3) is 0.692. The van der Waals surface area contributed by atoms with Gasteiger partial charge in [-0.15, -0.1) is 0 Å². The molecule has 0 saturated heterocycles. The molecule has 4 heteroatoms. The van der Waals surface area contributed by atoms with Crippen LogP contribution in [0, 0.1) is 6.92 Å². The predicted molar refractivity (Wildman–Crippen MR) is 73.5 cm³/mol. The highest BCUT2D eigenvalue weighted by Gasteiger charge is 2.02. The van der Waals surface area contributed by atoms with Crippen molar-refractivity contribution in [1.82, 2.24) is 9.97 Å². The van der Waals surface area contributed by atoms with Gasteiger partial charge in [0, 0.05) is 24.3 Å². The van der Waals surface area contributed by atoms with E-state index in [0.29, 0.717) is 12.0 Å². The number of anilines is 2. The van der Waals surface area contributed by atoms with Crippen LogP contribution < -0.4 is 10.6 Å². The van der Waals surface area contributed by atoms with Gasteiger partial charge in [0.2, 0.25) is 5.95 Å². The molecule has 4 nitrogen and oxygen atoms in total. The fourth-order valence-corrected chi connectivity index (χ4v) is 1.57. The number of unbranched alkanes of at least 4 members (excludes halogenated alkanes) is 2. The topological polar surface area (TPSA) is 49.8 Å². The third kappa shape index (κ3) is 5.52. The van der Waals surface area contributed by atoms with Crippen molar-refractivity contribution in [2.24, 2.45) is 0 Å². The van der Waals surface area contributed by atoms with Gasteiger partial charge in [0.1, 0.15) is 5.82 Å². The summed E-state index contributed by atoms with van der Waals surface area (Å²) in [5.41, 5.74) is 0.987. The lowest BCUT2D eigenvalue weighted by atomic mass is 10.2. The second-order valence-electron chi connectivity index (χ2n) is 4.65. The van der Waals surface area contributed by atoms with Crippen molar-refractivity contribution < 1.29 is 0 Å². The molecular formula is C13H24N4. The highest BCUT2D eigenvalue weighted by atomic mass is 15.1. The van der Waals surface area contributed by atoms with Crippen LogP contribution in [-0.4, -0.2) is 22.6 Å². The normalized spacial score (nSPS) is 10.6. The minimum Gasteiger partial charge on any atom is -0.370 e. The molecule has 0 radical (unpaired) electrons. The number of rotatable bonds is 7. The first-order valence-corrected chi connectivity index (χ1v) is 6.48. The summed E-state index contributed by atoms with van der Waals surface area (Å²) in [6.45, 7) is 9.34. The lowest BCUT2D eigenvalue weighted by Gasteiger charge is -2.11. The minimum atomic E-state index is 0.352. The van der Waals surface area contributed by atoms with Crippen LogP contribution in [0.1, 0.15) is 45.7 Å². The Morgan fingerprint density at radius 3 is 2.65 bits per heavy atom. The molecule has 0 amide bonds. The molecule has 2 N–H and O–H groups in total. The molecule has 0 aliphatic rings. The van der Waals surface area contributed by atoms with Gasteiger partial charge in [-0.1, -0.05) is 19.8 Å². The zero-order valence-electron chi connectivity index (χ0n) is 11.4. The smallest absolute Gasteiger partial charge is 0.225 e. The van der Waals surface area contributed by atoms with E-state index in [9.17, 15) is 0 Å². The lowest BCUT2D eigenvalue weighted by molar-refractivity contribution is 0.742. The summed E-state index contributed by atoms with van der Waals surface area (Å²) in [6, 6.07) is 2.34. The van der Waals surface area contributed by atoms with Gasteiger partial charge < -0.3 is 10.6 Å². The van der Waals surface area contributed by atoms with Crippen molar-refractivity contribution in [3.63, 3.8) is 0 Å². The van der Waals surface area contributed by atoms with Crippen LogP contribution in [0.4, 0.5) is 11.8 Å². The second kappa shape index (κ2) is 7.09. The van der Waals surface area contributed by atoms with Crippen molar-refractivity contribution in [1.29, 1.82) is 0 Å². The van der Waals surface area contributed by atoms with Crippen LogP contribution in [0.2, 0.25) is 0 Å². The van der Waals surface area contributed by atoms with Crippen LogP contribution in [0.3, 0.4) is 0 Å². The van der Waals surface area contributed by atoms with Gasteiger partial charge in [-0.3, -0.25) is 0 Å². The van der Waals surface area contributed by atoms with Gasteiger partial charge in [-0.05, 0) is 27.2 Å². The highest BCUT2D eigenvalue weighted by Crippen LogP contribution is 2.10. The Kier molecular flexibility index (Phi) is 5.73. The van der Waals surface area contributed by atoms with Gasteiger partial charge in [0.15, 0.2) is 0 Å². The molecular weight excluding hydrogens is 212 g/mol. The zero-order chi connectivity index (χ0) is 12.7. The van der Waals surface area contributed by atoms with E-state index in [4.69, 9.17) is 0 Å². The number of hydrogen-bond donors (Lipinski definition) is 2. The van der Waals surface area contributed by atoms with E-state index >= 15 is 0 Å². The van der Waals surface area contributed by atoms with Crippen LogP contribution in [0.25, 0.3) is 0 Å². The monoisotopic (exact) mass is 236 g/mol. The van der Waals surface area contributed by atoms with E-state index in [1.807, 2.05) is 13.0 Å². The van der Waals surface area contributed by atoms with Crippen molar-refractivity contribution in [2.45, 2.75) is 53.0 Å². The maximum atomic E-state index is 4.44. The number of nitrogens with zero attached hydrogens (tertiary/aromatic N) is 2. The first-order chi connectivity index (χ1) is 8.11. The largest absolute Gasteiger partial charge is 0.370 e. The molecule has 0 aliphatic heterocycles. The fourth-order valence-electron chi connectivity index (χ4n) is 1.57. The Labute approximate surface area is 104 Å². The average molecular weight is 236 g/mol. The average Bonchev–Trinajstić information content (AvgIpc) is 2.22. The zero-order valence-corrected chi connectivity index (χ0v) is 11.4. The first kappa shape index (κ1) is 13.7. The quantitative estimate of drug-likeness (QED) is 0.714. The van der Waals surface area contributed by atoms with Crippen LogP contribution >= 0.6 is 0 Å². The number of aromatic nitrogens is 2. The van der Waals surface area contributed by atoms with Crippen molar-refractivity contribution in [2.75, 3.05) is 17.2 Å². The second-order valence-corrected chi connectivity index (χ2v) is 4.65. The minimum absolute atomic E-state index is 0.352. The van der Waals surface area contributed by atoms with E-state index in [1.54, 1.807) is 0 Å². The number of aryl methyl sites for hydroxylation is 1. The van der Waals surface area contributed by atoms with E-state index < -0.39 is 0 Å². The summed E-state index contributed by atoms with van der Waals surface area (Å²) >= 11 is 0. The van der Waals surface area contributed by atoms with E-state index in [1.165, 1.54) is 19.3 Å².